The van der Waals surface area contributed by atoms with Gasteiger partial charge in [0.15, 0.2) is 0 Å². The molecule has 0 aromatic rings. The Bertz CT molecular complexity index is 184. The zero-order valence-corrected chi connectivity index (χ0v) is 10.5. The van der Waals surface area contributed by atoms with Gasteiger partial charge < -0.3 is 5.32 Å². The maximum Gasteiger partial charge on any atom is 0.0104 e. The van der Waals surface area contributed by atoms with Crippen LogP contribution in [0.1, 0.15) is 65.2 Å². The third-order valence-corrected chi connectivity index (χ3v) is 3.29. The molecule has 0 radical (unpaired) electrons. The van der Waals surface area contributed by atoms with Crippen molar-refractivity contribution in [2.24, 2.45) is 0 Å². The molecule has 88 valence electrons. The van der Waals surface area contributed by atoms with Gasteiger partial charge in [0, 0.05) is 6.04 Å². The van der Waals surface area contributed by atoms with Crippen molar-refractivity contribution in [1.82, 2.24) is 5.32 Å². The molecule has 1 unspecified atom stereocenters. The topological polar surface area (TPSA) is 12.0 Å². The maximum atomic E-state index is 3.62. The molecule has 0 aromatic heterocycles. The normalized spacial score (nSPS) is 18.7. The molecule has 0 saturated heterocycles. The first-order valence-corrected chi connectivity index (χ1v) is 6.78. The van der Waals surface area contributed by atoms with Crippen LogP contribution in [-0.4, -0.2) is 12.6 Å². The van der Waals surface area contributed by atoms with Crippen LogP contribution in [0.3, 0.4) is 0 Å². The van der Waals surface area contributed by atoms with E-state index in [0.717, 1.165) is 12.6 Å². The SMILES string of the molecule is CCCCC(CC1=CCCCC1)NCC. The fourth-order valence-corrected chi connectivity index (χ4v) is 2.42. The fraction of sp³-hybridized carbons (Fsp3) is 0.857. The summed E-state index contributed by atoms with van der Waals surface area (Å²) in [7, 11) is 0. The number of unbranched alkanes of at least 4 members (excludes halogenated alkanes) is 1. The van der Waals surface area contributed by atoms with E-state index in [2.05, 4.69) is 25.2 Å². The van der Waals surface area contributed by atoms with Gasteiger partial charge in [0.25, 0.3) is 0 Å². The highest BCUT2D eigenvalue weighted by Gasteiger charge is 2.11. The summed E-state index contributed by atoms with van der Waals surface area (Å²) >= 11 is 0. The van der Waals surface area contributed by atoms with E-state index >= 15 is 0 Å². The second-order valence-electron chi connectivity index (χ2n) is 4.71. The molecule has 1 aliphatic carbocycles. The first kappa shape index (κ1) is 12.8. The van der Waals surface area contributed by atoms with Gasteiger partial charge in [-0.25, -0.2) is 0 Å². The molecule has 0 saturated carbocycles. The van der Waals surface area contributed by atoms with Crippen molar-refractivity contribution < 1.29 is 0 Å². The van der Waals surface area contributed by atoms with Crippen molar-refractivity contribution in [2.75, 3.05) is 6.54 Å². The molecule has 1 rings (SSSR count). The largest absolute Gasteiger partial charge is 0.314 e. The summed E-state index contributed by atoms with van der Waals surface area (Å²) in [5.74, 6) is 0. The smallest absolute Gasteiger partial charge is 0.0104 e. The highest BCUT2D eigenvalue weighted by Crippen LogP contribution is 2.22. The third kappa shape index (κ3) is 5.36. The summed E-state index contributed by atoms with van der Waals surface area (Å²) in [6, 6.07) is 0.735. The first-order chi connectivity index (χ1) is 7.36. The number of nitrogens with one attached hydrogen (secondary N) is 1. The van der Waals surface area contributed by atoms with Crippen LogP contribution in [0.15, 0.2) is 11.6 Å². The second kappa shape index (κ2) is 7.92. The number of rotatable bonds is 7. The molecule has 1 atom stereocenters. The molecule has 0 bridgehead atoms. The first-order valence-electron chi connectivity index (χ1n) is 6.78. The fourth-order valence-electron chi connectivity index (χ4n) is 2.42. The molecule has 1 N–H and O–H groups in total. The van der Waals surface area contributed by atoms with Crippen LogP contribution in [0.25, 0.3) is 0 Å². The van der Waals surface area contributed by atoms with Crippen molar-refractivity contribution >= 4 is 0 Å². The molecule has 0 aromatic carbocycles. The lowest BCUT2D eigenvalue weighted by atomic mass is 9.92. The van der Waals surface area contributed by atoms with E-state index in [4.69, 9.17) is 0 Å². The van der Waals surface area contributed by atoms with E-state index < -0.39 is 0 Å². The predicted octanol–water partition coefficient (Wildman–Crippen LogP) is 4.05. The number of allylic oxidation sites excluding steroid dienone is 1. The van der Waals surface area contributed by atoms with Crippen LogP contribution in [0.2, 0.25) is 0 Å². The van der Waals surface area contributed by atoms with Crippen molar-refractivity contribution in [1.29, 1.82) is 0 Å². The zero-order chi connectivity index (χ0) is 10.9. The minimum absolute atomic E-state index is 0.735. The highest BCUT2D eigenvalue weighted by molar-refractivity contribution is 5.06. The molecule has 15 heavy (non-hydrogen) atoms. The Morgan fingerprint density at radius 1 is 1.33 bits per heavy atom. The Kier molecular flexibility index (Phi) is 6.74. The Hall–Kier alpha value is -0.300. The van der Waals surface area contributed by atoms with E-state index in [0.29, 0.717) is 0 Å². The van der Waals surface area contributed by atoms with Crippen LogP contribution in [0, 0.1) is 0 Å². The Morgan fingerprint density at radius 2 is 2.20 bits per heavy atom. The van der Waals surface area contributed by atoms with Gasteiger partial charge >= 0.3 is 0 Å². The summed E-state index contributed by atoms with van der Waals surface area (Å²) in [6.07, 6.45) is 13.3. The maximum absolute atomic E-state index is 3.62. The van der Waals surface area contributed by atoms with E-state index in [1.165, 1.54) is 51.4 Å². The van der Waals surface area contributed by atoms with Gasteiger partial charge in [0.05, 0.1) is 0 Å². The van der Waals surface area contributed by atoms with E-state index in [9.17, 15) is 0 Å². The summed E-state index contributed by atoms with van der Waals surface area (Å²) in [4.78, 5) is 0. The molecular weight excluding hydrogens is 182 g/mol. The number of hydrogen-bond donors (Lipinski definition) is 1. The molecule has 0 heterocycles. The molecule has 0 aliphatic heterocycles. The minimum atomic E-state index is 0.735. The summed E-state index contributed by atoms with van der Waals surface area (Å²) < 4.78 is 0. The molecule has 1 heteroatoms. The standard InChI is InChI=1S/C14H27N/c1-3-5-11-14(15-4-2)12-13-9-7-6-8-10-13/h9,14-15H,3-8,10-12H2,1-2H3. The van der Waals surface area contributed by atoms with Gasteiger partial charge in [0.1, 0.15) is 0 Å². The van der Waals surface area contributed by atoms with Gasteiger partial charge in [-0.1, -0.05) is 38.3 Å². The van der Waals surface area contributed by atoms with Gasteiger partial charge in [-0.2, -0.15) is 0 Å². The second-order valence-corrected chi connectivity index (χ2v) is 4.71. The Balaban J connectivity index is 2.31. The van der Waals surface area contributed by atoms with Gasteiger partial charge in [-0.15, -0.1) is 0 Å². The van der Waals surface area contributed by atoms with Crippen LogP contribution < -0.4 is 5.32 Å². The summed E-state index contributed by atoms with van der Waals surface area (Å²) in [5, 5.41) is 3.62. The third-order valence-electron chi connectivity index (χ3n) is 3.29. The minimum Gasteiger partial charge on any atom is -0.314 e. The lowest BCUT2D eigenvalue weighted by molar-refractivity contribution is 0.462. The predicted molar refractivity (Wildman–Crippen MR) is 68.2 cm³/mol. The average Bonchev–Trinajstić information content (AvgIpc) is 2.28. The van der Waals surface area contributed by atoms with Crippen molar-refractivity contribution in [3.8, 4) is 0 Å². The summed E-state index contributed by atoms with van der Waals surface area (Å²) in [6.45, 7) is 5.61. The number of hydrogen-bond acceptors (Lipinski definition) is 1. The average molecular weight is 209 g/mol. The zero-order valence-electron chi connectivity index (χ0n) is 10.5. The van der Waals surface area contributed by atoms with Gasteiger partial charge in [0.2, 0.25) is 0 Å². The molecule has 0 fully saturated rings. The Labute approximate surface area is 95.3 Å². The quantitative estimate of drug-likeness (QED) is 0.624. The molecular formula is C14H27N. The highest BCUT2D eigenvalue weighted by atomic mass is 14.9. The van der Waals surface area contributed by atoms with Crippen LogP contribution in [0.4, 0.5) is 0 Å². The lowest BCUT2D eigenvalue weighted by Crippen LogP contribution is -2.29. The Morgan fingerprint density at radius 3 is 2.80 bits per heavy atom. The molecule has 1 nitrogen and oxygen atoms in total. The van der Waals surface area contributed by atoms with Crippen LogP contribution >= 0.6 is 0 Å². The summed E-state index contributed by atoms with van der Waals surface area (Å²) in [5.41, 5.74) is 1.71. The van der Waals surface area contributed by atoms with Crippen molar-refractivity contribution in [3.05, 3.63) is 11.6 Å². The van der Waals surface area contributed by atoms with Gasteiger partial charge in [-0.3, -0.25) is 0 Å². The van der Waals surface area contributed by atoms with E-state index in [1.807, 2.05) is 0 Å². The lowest BCUT2D eigenvalue weighted by Gasteiger charge is -2.21. The van der Waals surface area contributed by atoms with E-state index in [1.54, 1.807) is 5.57 Å². The van der Waals surface area contributed by atoms with E-state index in [-0.39, 0.29) is 0 Å². The van der Waals surface area contributed by atoms with Crippen LogP contribution in [-0.2, 0) is 0 Å². The van der Waals surface area contributed by atoms with Gasteiger partial charge in [-0.05, 0) is 45.1 Å². The van der Waals surface area contributed by atoms with Crippen molar-refractivity contribution in [3.63, 3.8) is 0 Å². The molecule has 0 amide bonds. The van der Waals surface area contributed by atoms with Crippen molar-refractivity contribution in [2.45, 2.75) is 71.3 Å². The molecule has 0 spiro atoms. The monoisotopic (exact) mass is 209 g/mol. The van der Waals surface area contributed by atoms with Crippen LogP contribution in [0.5, 0.6) is 0 Å². The molecule has 1 aliphatic rings.